The Labute approximate surface area is 165 Å². The van der Waals surface area contributed by atoms with Gasteiger partial charge in [-0.2, -0.15) is 0 Å². The summed E-state index contributed by atoms with van der Waals surface area (Å²) in [5.74, 6) is 1.71. The first kappa shape index (κ1) is 21.4. The molecule has 3 heteroatoms. The molecule has 0 aliphatic carbocycles. The van der Waals surface area contributed by atoms with Gasteiger partial charge in [0.1, 0.15) is 5.75 Å². The molecule has 0 saturated carbocycles. The highest BCUT2D eigenvalue weighted by Gasteiger charge is 2.06. The predicted octanol–water partition coefficient (Wildman–Crippen LogP) is 7.00. The molecule has 1 aromatic heterocycles. The van der Waals surface area contributed by atoms with Crippen molar-refractivity contribution in [2.75, 3.05) is 0 Å². The van der Waals surface area contributed by atoms with Crippen molar-refractivity contribution < 1.29 is 4.74 Å². The Morgan fingerprint density at radius 2 is 1.44 bits per heavy atom. The van der Waals surface area contributed by atoms with Gasteiger partial charge in [-0.05, 0) is 62.4 Å². The third-order valence-electron chi connectivity index (χ3n) is 4.94. The summed E-state index contributed by atoms with van der Waals surface area (Å²) in [7, 11) is 0. The Morgan fingerprint density at radius 1 is 0.815 bits per heavy atom. The summed E-state index contributed by atoms with van der Waals surface area (Å²) in [6.45, 7) is 6.64. The molecule has 2 aromatic rings. The van der Waals surface area contributed by atoms with Crippen LogP contribution in [0.15, 0.2) is 36.7 Å². The Balaban J connectivity index is 1.82. The van der Waals surface area contributed by atoms with E-state index in [4.69, 9.17) is 4.74 Å². The fourth-order valence-corrected chi connectivity index (χ4v) is 3.22. The molecular weight excluding hydrogens is 332 g/mol. The summed E-state index contributed by atoms with van der Waals surface area (Å²) < 4.78 is 6.03. The van der Waals surface area contributed by atoms with E-state index in [1.807, 2.05) is 24.5 Å². The fraction of sp³-hybridized carbons (Fsp3) is 0.583. The molecule has 0 aliphatic heterocycles. The minimum absolute atomic E-state index is 0.260. The van der Waals surface area contributed by atoms with Crippen LogP contribution in [0.3, 0.4) is 0 Å². The van der Waals surface area contributed by atoms with Crippen LogP contribution in [0.5, 0.6) is 5.75 Å². The molecule has 1 atom stereocenters. The zero-order valence-electron chi connectivity index (χ0n) is 17.4. The average molecular weight is 369 g/mol. The lowest BCUT2D eigenvalue weighted by Crippen LogP contribution is -2.11. The normalized spacial score (nSPS) is 12.1. The smallest absolute Gasteiger partial charge is 0.159 e. The van der Waals surface area contributed by atoms with Crippen LogP contribution in [0, 0.1) is 0 Å². The average Bonchev–Trinajstić information content (AvgIpc) is 2.70. The molecule has 148 valence electrons. The molecule has 0 fully saturated rings. The molecule has 2 rings (SSSR count). The summed E-state index contributed by atoms with van der Waals surface area (Å²) in [5, 5.41) is 0. The van der Waals surface area contributed by atoms with Crippen LogP contribution in [0.1, 0.15) is 84.1 Å². The quantitative estimate of drug-likeness (QED) is 0.357. The number of ether oxygens (including phenoxy) is 1. The highest BCUT2D eigenvalue weighted by atomic mass is 16.5. The Morgan fingerprint density at radius 3 is 2.07 bits per heavy atom. The van der Waals surface area contributed by atoms with E-state index in [2.05, 4.69) is 42.9 Å². The number of benzene rings is 1. The molecule has 1 heterocycles. The van der Waals surface area contributed by atoms with Gasteiger partial charge in [0.15, 0.2) is 5.82 Å². The number of rotatable bonds is 13. The monoisotopic (exact) mass is 368 g/mol. The molecule has 0 spiro atoms. The van der Waals surface area contributed by atoms with E-state index in [1.54, 1.807) is 0 Å². The van der Waals surface area contributed by atoms with Crippen molar-refractivity contribution in [1.82, 2.24) is 9.97 Å². The van der Waals surface area contributed by atoms with E-state index in [0.717, 1.165) is 30.0 Å². The molecule has 1 unspecified atom stereocenters. The molecule has 27 heavy (non-hydrogen) atoms. The van der Waals surface area contributed by atoms with E-state index in [9.17, 15) is 0 Å². The van der Waals surface area contributed by atoms with Crippen LogP contribution >= 0.6 is 0 Å². The van der Waals surface area contributed by atoms with Crippen LogP contribution < -0.4 is 4.74 Å². The highest BCUT2D eigenvalue weighted by Crippen LogP contribution is 2.21. The maximum Gasteiger partial charge on any atom is 0.159 e. The van der Waals surface area contributed by atoms with Gasteiger partial charge in [-0.25, -0.2) is 9.97 Å². The minimum Gasteiger partial charge on any atom is -0.491 e. The number of hydrogen-bond acceptors (Lipinski definition) is 3. The van der Waals surface area contributed by atoms with Gasteiger partial charge >= 0.3 is 0 Å². The van der Waals surface area contributed by atoms with Gasteiger partial charge in [-0.15, -0.1) is 0 Å². The second-order valence-corrected chi connectivity index (χ2v) is 7.53. The van der Waals surface area contributed by atoms with Crippen LogP contribution in [0.2, 0.25) is 0 Å². The van der Waals surface area contributed by atoms with Gasteiger partial charge in [-0.1, -0.05) is 52.4 Å². The number of unbranched alkanes of at least 4 members (excludes halogenated alkanes) is 6. The fourth-order valence-electron chi connectivity index (χ4n) is 3.22. The lowest BCUT2D eigenvalue weighted by atomic mass is 10.1. The van der Waals surface area contributed by atoms with Crippen molar-refractivity contribution in [3.8, 4) is 17.1 Å². The third kappa shape index (κ3) is 8.11. The van der Waals surface area contributed by atoms with Crippen molar-refractivity contribution in [2.24, 2.45) is 0 Å². The zero-order valence-corrected chi connectivity index (χ0v) is 17.4. The topological polar surface area (TPSA) is 35.0 Å². The van der Waals surface area contributed by atoms with Crippen LogP contribution in [0.4, 0.5) is 0 Å². The molecule has 0 amide bonds. The SMILES string of the molecule is CCCCCCc1cnc(-c2ccc(OC(C)CCCCCC)cc2)nc1. The molecule has 0 saturated heterocycles. The summed E-state index contributed by atoms with van der Waals surface area (Å²) in [6.07, 6.45) is 16.6. The highest BCUT2D eigenvalue weighted by molar-refractivity contribution is 5.55. The Hall–Kier alpha value is -1.90. The maximum atomic E-state index is 6.03. The molecule has 0 aliphatic rings. The van der Waals surface area contributed by atoms with E-state index >= 15 is 0 Å². The maximum absolute atomic E-state index is 6.03. The Kier molecular flexibility index (Phi) is 9.89. The summed E-state index contributed by atoms with van der Waals surface area (Å²) in [5.41, 5.74) is 2.27. The number of aromatic nitrogens is 2. The molecule has 3 nitrogen and oxygen atoms in total. The Bertz CT molecular complexity index is 622. The molecular formula is C24H36N2O. The summed E-state index contributed by atoms with van der Waals surface area (Å²) >= 11 is 0. The first-order valence-electron chi connectivity index (χ1n) is 10.8. The number of hydrogen-bond donors (Lipinski definition) is 0. The lowest BCUT2D eigenvalue weighted by molar-refractivity contribution is 0.206. The lowest BCUT2D eigenvalue weighted by Gasteiger charge is -2.14. The van der Waals surface area contributed by atoms with Crippen molar-refractivity contribution >= 4 is 0 Å². The van der Waals surface area contributed by atoms with Gasteiger partial charge < -0.3 is 4.74 Å². The first-order chi connectivity index (χ1) is 13.2. The van der Waals surface area contributed by atoms with E-state index in [0.29, 0.717) is 0 Å². The molecule has 0 N–H and O–H groups in total. The van der Waals surface area contributed by atoms with Crippen molar-refractivity contribution in [3.63, 3.8) is 0 Å². The molecule has 1 aromatic carbocycles. The van der Waals surface area contributed by atoms with Crippen LogP contribution in [0.25, 0.3) is 11.4 Å². The molecule has 0 radical (unpaired) electrons. The second-order valence-electron chi connectivity index (χ2n) is 7.53. The number of nitrogens with zero attached hydrogens (tertiary/aromatic N) is 2. The first-order valence-corrected chi connectivity index (χ1v) is 10.8. The summed E-state index contributed by atoms with van der Waals surface area (Å²) in [4.78, 5) is 9.09. The molecule has 0 bridgehead atoms. The van der Waals surface area contributed by atoms with Gasteiger partial charge in [0.05, 0.1) is 6.10 Å². The van der Waals surface area contributed by atoms with Crippen molar-refractivity contribution in [3.05, 3.63) is 42.2 Å². The largest absolute Gasteiger partial charge is 0.491 e. The van der Waals surface area contributed by atoms with E-state index < -0.39 is 0 Å². The van der Waals surface area contributed by atoms with Gasteiger partial charge in [0.2, 0.25) is 0 Å². The van der Waals surface area contributed by atoms with Crippen molar-refractivity contribution in [2.45, 2.75) is 91.1 Å². The van der Waals surface area contributed by atoms with Crippen molar-refractivity contribution in [1.29, 1.82) is 0 Å². The van der Waals surface area contributed by atoms with E-state index in [1.165, 1.54) is 56.9 Å². The number of aryl methyl sites for hydroxylation is 1. The van der Waals surface area contributed by atoms with Gasteiger partial charge in [0, 0.05) is 18.0 Å². The van der Waals surface area contributed by atoms with Crippen LogP contribution in [-0.2, 0) is 6.42 Å². The minimum atomic E-state index is 0.260. The third-order valence-corrected chi connectivity index (χ3v) is 4.94. The second kappa shape index (κ2) is 12.5. The standard InChI is InChI=1S/C24H36N2O/c1-4-6-8-10-12-20(3)27-23-16-14-22(15-17-23)24-25-18-21(19-26-24)13-11-9-7-5-2/h14-20H,4-13H2,1-3H3. The van der Waals surface area contributed by atoms with Crippen LogP contribution in [-0.4, -0.2) is 16.1 Å². The predicted molar refractivity (Wildman–Crippen MR) is 114 cm³/mol. The summed E-state index contributed by atoms with van der Waals surface area (Å²) in [6, 6.07) is 8.16. The van der Waals surface area contributed by atoms with Gasteiger partial charge in [0.25, 0.3) is 0 Å². The van der Waals surface area contributed by atoms with Gasteiger partial charge in [-0.3, -0.25) is 0 Å². The van der Waals surface area contributed by atoms with E-state index in [-0.39, 0.29) is 6.10 Å². The zero-order chi connectivity index (χ0) is 19.3.